The van der Waals surface area contributed by atoms with Gasteiger partial charge in [-0.3, -0.25) is 9.97 Å². The van der Waals surface area contributed by atoms with Crippen LogP contribution in [-0.2, 0) is 5.41 Å². The summed E-state index contributed by atoms with van der Waals surface area (Å²) in [4.78, 5) is 9.39. The van der Waals surface area contributed by atoms with E-state index in [0.29, 0.717) is 5.25 Å². The summed E-state index contributed by atoms with van der Waals surface area (Å²) in [6.45, 7) is 9.00. The van der Waals surface area contributed by atoms with Gasteiger partial charge >= 0.3 is 0 Å². The van der Waals surface area contributed by atoms with Crippen molar-refractivity contribution in [3.05, 3.63) is 72.1 Å². The number of thioether (sulfide) groups is 1. The lowest BCUT2D eigenvalue weighted by Crippen LogP contribution is -2.10. The third kappa shape index (κ3) is 3.29. The molecule has 0 radical (unpaired) electrons. The summed E-state index contributed by atoms with van der Waals surface area (Å²) < 4.78 is 0. The Bertz CT molecular complexity index is 1160. The molecule has 4 aromatic rings. The zero-order chi connectivity index (χ0) is 19.9. The Labute approximate surface area is 171 Å². The summed E-state index contributed by atoms with van der Waals surface area (Å²) in [6.07, 6.45) is 5.95. The Kier molecular flexibility index (Phi) is 4.88. The summed E-state index contributed by atoms with van der Waals surface area (Å²) >= 11 is 1.86. The Morgan fingerprint density at radius 3 is 2.43 bits per heavy atom. The minimum absolute atomic E-state index is 0.0965. The fourth-order valence-electron chi connectivity index (χ4n) is 3.74. The van der Waals surface area contributed by atoms with E-state index in [9.17, 15) is 0 Å². The second-order valence-electron chi connectivity index (χ2n) is 8.32. The Morgan fingerprint density at radius 2 is 1.68 bits per heavy atom. The van der Waals surface area contributed by atoms with Gasteiger partial charge in [-0.25, -0.2) is 0 Å². The smallest absolute Gasteiger partial charge is 0.0783 e. The Hall–Kier alpha value is -2.39. The van der Waals surface area contributed by atoms with Crippen LogP contribution in [0.3, 0.4) is 0 Å². The van der Waals surface area contributed by atoms with Crippen molar-refractivity contribution in [2.24, 2.45) is 0 Å². The van der Waals surface area contributed by atoms with Crippen molar-refractivity contribution in [3.8, 4) is 11.1 Å². The normalized spacial score (nSPS) is 13.2. The number of hydrogen-bond donors (Lipinski definition) is 0. The molecule has 3 heteroatoms. The van der Waals surface area contributed by atoms with Crippen molar-refractivity contribution in [1.82, 2.24) is 9.97 Å². The molecular formula is C25H26N2S. The fraction of sp³-hybridized carbons (Fsp3) is 0.280. The van der Waals surface area contributed by atoms with Gasteiger partial charge in [-0.15, -0.1) is 0 Å². The molecule has 2 heterocycles. The third-order valence-corrected chi connectivity index (χ3v) is 6.45. The van der Waals surface area contributed by atoms with E-state index >= 15 is 0 Å². The van der Waals surface area contributed by atoms with E-state index < -0.39 is 0 Å². The van der Waals surface area contributed by atoms with Crippen molar-refractivity contribution >= 4 is 33.6 Å². The molecule has 0 spiro atoms. The lowest BCUT2D eigenvalue weighted by molar-refractivity contribution is 0.591. The van der Waals surface area contributed by atoms with Gasteiger partial charge in [-0.1, -0.05) is 45.0 Å². The van der Waals surface area contributed by atoms with Gasteiger partial charge in [0.15, 0.2) is 0 Å². The molecule has 0 aliphatic heterocycles. The molecule has 2 nitrogen and oxygen atoms in total. The van der Waals surface area contributed by atoms with Crippen LogP contribution in [0.2, 0.25) is 0 Å². The van der Waals surface area contributed by atoms with Crippen LogP contribution in [0.15, 0.2) is 60.9 Å². The number of pyridine rings is 2. The topological polar surface area (TPSA) is 25.8 Å². The summed E-state index contributed by atoms with van der Waals surface area (Å²) in [5, 5.41) is 2.86. The molecular weight excluding hydrogens is 360 g/mol. The standard InChI is InChI=1S/C25H26N2S/c1-16(28-5)18-9-10-21(24-20(18)7-6-13-27-24)19-12-14-26-23-11-8-17(15-22(19)23)25(2,3)4/h6-16H,1-5H3. The van der Waals surface area contributed by atoms with E-state index in [1.807, 2.05) is 30.2 Å². The third-order valence-electron chi connectivity index (χ3n) is 5.49. The van der Waals surface area contributed by atoms with E-state index in [1.165, 1.54) is 33.0 Å². The van der Waals surface area contributed by atoms with Crippen molar-refractivity contribution in [3.63, 3.8) is 0 Å². The second kappa shape index (κ2) is 7.21. The molecule has 28 heavy (non-hydrogen) atoms. The lowest BCUT2D eigenvalue weighted by Gasteiger charge is -2.20. The monoisotopic (exact) mass is 386 g/mol. The molecule has 0 saturated heterocycles. The molecule has 0 N–H and O–H groups in total. The van der Waals surface area contributed by atoms with Crippen LogP contribution in [0.4, 0.5) is 0 Å². The molecule has 0 saturated carbocycles. The van der Waals surface area contributed by atoms with E-state index in [4.69, 9.17) is 4.98 Å². The van der Waals surface area contributed by atoms with Crippen LogP contribution in [0.25, 0.3) is 32.9 Å². The van der Waals surface area contributed by atoms with Gasteiger partial charge in [0.05, 0.1) is 11.0 Å². The minimum atomic E-state index is 0.0965. The van der Waals surface area contributed by atoms with Crippen molar-refractivity contribution in [2.75, 3.05) is 6.26 Å². The number of aromatic nitrogens is 2. The average molecular weight is 387 g/mol. The number of fused-ring (bicyclic) bond motifs is 2. The number of hydrogen-bond acceptors (Lipinski definition) is 3. The van der Waals surface area contributed by atoms with Gasteiger partial charge in [-0.05, 0) is 59.6 Å². The van der Waals surface area contributed by atoms with Crippen LogP contribution in [-0.4, -0.2) is 16.2 Å². The minimum Gasteiger partial charge on any atom is -0.256 e. The highest BCUT2D eigenvalue weighted by Crippen LogP contribution is 2.38. The molecule has 0 fully saturated rings. The van der Waals surface area contributed by atoms with Crippen LogP contribution < -0.4 is 0 Å². The zero-order valence-corrected chi connectivity index (χ0v) is 18.0. The molecule has 0 bridgehead atoms. The van der Waals surface area contributed by atoms with Crippen molar-refractivity contribution in [2.45, 2.75) is 38.4 Å². The van der Waals surface area contributed by atoms with E-state index in [1.54, 1.807) is 0 Å². The van der Waals surface area contributed by atoms with Gasteiger partial charge in [-0.2, -0.15) is 11.8 Å². The molecule has 0 amide bonds. The highest BCUT2D eigenvalue weighted by Gasteiger charge is 2.17. The first-order chi connectivity index (χ1) is 13.4. The van der Waals surface area contributed by atoms with Crippen LogP contribution in [0.1, 0.15) is 44.1 Å². The molecule has 0 aliphatic carbocycles. The summed E-state index contributed by atoms with van der Waals surface area (Å²) in [5.41, 5.74) is 7.21. The highest BCUT2D eigenvalue weighted by molar-refractivity contribution is 7.98. The first-order valence-corrected chi connectivity index (χ1v) is 11.0. The maximum absolute atomic E-state index is 4.78. The Balaban J connectivity index is 2.02. The predicted molar refractivity (Wildman–Crippen MR) is 123 cm³/mol. The number of nitrogens with zero attached hydrogens (tertiary/aromatic N) is 2. The molecule has 1 unspecified atom stereocenters. The summed E-state index contributed by atoms with van der Waals surface area (Å²) in [5.74, 6) is 0. The van der Waals surface area contributed by atoms with Gasteiger partial charge in [0, 0.05) is 34.0 Å². The number of rotatable bonds is 3. The first kappa shape index (κ1) is 18.9. The van der Waals surface area contributed by atoms with E-state index in [0.717, 1.165) is 11.0 Å². The maximum Gasteiger partial charge on any atom is 0.0783 e. The zero-order valence-electron chi connectivity index (χ0n) is 17.2. The largest absolute Gasteiger partial charge is 0.256 e. The van der Waals surface area contributed by atoms with Crippen molar-refractivity contribution < 1.29 is 0 Å². The van der Waals surface area contributed by atoms with Crippen LogP contribution in [0.5, 0.6) is 0 Å². The molecule has 1 atom stereocenters. The maximum atomic E-state index is 4.78. The SMILES string of the molecule is CSC(C)c1ccc(-c2ccnc3ccc(C(C)(C)C)cc23)c2ncccc12. The van der Waals surface area contributed by atoms with Crippen LogP contribution >= 0.6 is 11.8 Å². The van der Waals surface area contributed by atoms with Gasteiger partial charge in [0.1, 0.15) is 0 Å². The van der Waals surface area contributed by atoms with Crippen molar-refractivity contribution in [1.29, 1.82) is 0 Å². The second-order valence-corrected chi connectivity index (χ2v) is 9.50. The molecule has 2 aromatic heterocycles. The molecule has 4 rings (SSSR count). The van der Waals surface area contributed by atoms with Gasteiger partial charge in [0.25, 0.3) is 0 Å². The predicted octanol–water partition coefficient (Wildman–Crippen LogP) is 7.17. The van der Waals surface area contributed by atoms with E-state index in [2.05, 4.69) is 81.4 Å². The first-order valence-electron chi connectivity index (χ1n) is 9.70. The quantitative estimate of drug-likeness (QED) is 0.373. The van der Waals surface area contributed by atoms with Crippen LogP contribution in [0, 0.1) is 0 Å². The average Bonchev–Trinajstić information content (AvgIpc) is 2.71. The molecule has 142 valence electrons. The Morgan fingerprint density at radius 1 is 0.857 bits per heavy atom. The van der Waals surface area contributed by atoms with Gasteiger partial charge in [0.2, 0.25) is 0 Å². The number of benzene rings is 2. The van der Waals surface area contributed by atoms with E-state index in [-0.39, 0.29) is 5.41 Å². The highest BCUT2D eigenvalue weighted by atomic mass is 32.2. The molecule has 2 aromatic carbocycles. The molecule has 0 aliphatic rings. The van der Waals surface area contributed by atoms with Gasteiger partial charge < -0.3 is 0 Å². The summed E-state index contributed by atoms with van der Waals surface area (Å²) in [7, 11) is 0. The lowest BCUT2D eigenvalue weighted by atomic mass is 9.85. The summed E-state index contributed by atoms with van der Waals surface area (Å²) in [6, 6.07) is 17.5. The fourth-order valence-corrected chi connectivity index (χ4v) is 4.20.